The first-order chi connectivity index (χ1) is 15.3. The predicted octanol–water partition coefficient (Wildman–Crippen LogP) is 2.74. The molecule has 2 aliphatic rings. The Balaban J connectivity index is 1.76. The zero-order valence-corrected chi connectivity index (χ0v) is 18.9. The molecule has 0 saturated carbocycles. The van der Waals surface area contributed by atoms with Gasteiger partial charge in [0.2, 0.25) is 5.91 Å². The standard InChI is InChI=1S/C22H29F3N4O4/c1-20(2,3)33-19(32)27-11-9-21(10-12-27)18(31)28(13-17(30)26-14-22(23,24)25)15-29(21)16-7-5-4-6-8-16/h4-8H,9-15H2,1-3H3,(H,26,30). The Kier molecular flexibility index (Phi) is 6.80. The second-order valence-electron chi connectivity index (χ2n) is 9.30. The molecule has 0 aromatic heterocycles. The zero-order chi connectivity index (χ0) is 24.4. The first-order valence-electron chi connectivity index (χ1n) is 10.7. The van der Waals surface area contributed by atoms with E-state index in [0.717, 1.165) is 5.69 Å². The van der Waals surface area contributed by atoms with Gasteiger partial charge in [-0.2, -0.15) is 13.2 Å². The largest absolute Gasteiger partial charge is 0.444 e. The first kappa shape index (κ1) is 24.7. The lowest BCUT2D eigenvalue weighted by Crippen LogP contribution is -2.57. The van der Waals surface area contributed by atoms with Crippen molar-refractivity contribution in [1.82, 2.24) is 15.1 Å². The van der Waals surface area contributed by atoms with Crippen molar-refractivity contribution in [1.29, 1.82) is 0 Å². The molecule has 0 unspecified atom stereocenters. The quantitative estimate of drug-likeness (QED) is 0.732. The van der Waals surface area contributed by atoms with Gasteiger partial charge in [-0.25, -0.2) is 4.79 Å². The van der Waals surface area contributed by atoms with E-state index in [-0.39, 0.29) is 25.7 Å². The zero-order valence-electron chi connectivity index (χ0n) is 18.9. The van der Waals surface area contributed by atoms with Gasteiger partial charge in [0.05, 0.1) is 6.67 Å². The van der Waals surface area contributed by atoms with E-state index in [1.807, 2.05) is 40.5 Å². The van der Waals surface area contributed by atoms with E-state index in [4.69, 9.17) is 4.74 Å². The number of likely N-dealkylation sites (tertiary alicyclic amines) is 1. The van der Waals surface area contributed by atoms with Crippen molar-refractivity contribution in [3.05, 3.63) is 30.3 Å². The van der Waals surface area contributed by atoms with E-state index in [0.29, 0.717) is 12.8 Å². The SMILES string of the molecule is CC(C)(C)OC(=O)N1CCC2(CC1)C(=O)N(CC(=O)NCC(F)(F)F)CN2c1ccccc1. The Bertz CT molecular complexity index is 878. The molecule has 0 aliphatic carbocycles. The number of amides is 3. The number of carbonyl (C=O) groups excluding carboxylic acids is 3. The third-order valence-electron chi connectivity index (χ3n) is 5.64. The highest BCUT2D eigenvalue weighted by atomic mass is 19.4. The highest BCUT2D eigenvalue weighted by Gasteiger charge is 2.54. The summed E-state index contributed by atoms with van der Waals surface area (Å²) in [4.78, 5) is 42.7. The van der Waals surface area contributed by atoms with Gasteiger partial charge >= 0.3 is 12.3 Å². The van der Waals surface area contributed by atoms with Crippen LogP contribution in [0.1, 0.15) is 33.6 Å². The molecular weight excluding hydrogens is 441 g/mol. The first-order valence-corrected chi connectivity index (χ1v) is 10.7. The Morgan fingerprint density at radius 1 is 1.09 bits per heavy atom. The Morgan fingerprint density at radius 2 is 1.70 bits per heavy atom. The Hall–Kier alpha value is -2.98. The summed E-state index contributed by atoms with van der Waals surface area (Å²) in [6, 6.07) is 9.15. The van der Waals surface area contributed by atoms with Crippen LogP contribution in [0.15, 0.2) is 30.3 Å². The van der Waals surface area contributed by atoms with Crippen molar-refractivity contribution >= 4 is 23.6 Å². The molecule has 0 radical (unpaired) electrons. The number of hydrogen-bond donors (Lipinski definition) is 1. The van der Waals surface area contributed by atoms with Crippen LogP contribution in [0.5, 0.6) is 0 Å². The van der Waals surface area contributed by atoms with Gasteiger partial charge in [-0.15, -0.1) is 0 Å². The molecule has 1 spiro atoms. The maximum atomic E-state index is 13.5. The lowest BCUT2D eigenvalue weighted by molar-refractivity contribution is -0.142. The summed E-state index contributed by atoms with van der Waals surface area (Å²) in [5, 5.41) is 1.81. The van der Waals surface area contributed by atoms with Gasteiger partial charge in [-0.3, -0.25) is 9.59 Å². The number of carbonyl (C=O) groups is 3. The molecule has 3 amide bonds. The van der Waals surface area contributed by atoms with E-state index >= 15 is 0 Å². The maximum absolute atomic E-state index is 13.5. The minimum Gasteiger partial charge on any atom is -0.444 e. The molecule has 2 fully saturated rings. The predicted molar refractivity (Wildman–Crippen MR) is 114 cm³/mol. The molecule has 3 rings (SSSR count). The van der Waals surface area contributed by atoms with Crippen LogP contribution in [-0.2, 0) is 14.3 Å². The van der Waals surface area contributed by atoms with E-state index in [1.54, 1.807) is 25.7 Å². The lowest BCUT2D eigenvalue weighted by atomic mass is 9.85. The van der Waals surface area contributed by atoms with Gasteiger partial charge in [0, 0.05) is 18.8 Å². The molecule has 2 saturated heterocycles. The van der Waals surface area contributed by atoms with Gasteiger partial charge in [0.15, 0.2) is 0 Å². The van der Waals surface area contributed by atoms with Crippen molar-refractivity contribution in [2.24, 2.45) is 0 Å². The van der Waals surface area contributed by atoms with Crippen LogP contribution in [-0.4, -0.2) is 77.9 Å². The monoisotopic (exact) mass is 470 g/mol. The van der Waals surface area contributed by atoms with Gasteiger partial charge in [0.25, 0.3) is 5.91 Å². The summed E-state index contributed by atoms with van der Waals surface area (Å²) in [6.07, 6.45) is -4.38. The molecule has 2 aliphatic heterocycles. The highest BCUT2D eigenvalue weighted by molar-refractivity contribution is 5.96. The van der Waals surface area contributed by atoms with Gasteiger partial charge < -0.3 is 24.8 Å². The normalized spacial score (nSPS) is 18.6. The van der Waals surface area contributed by atoms with Crippen LogP contribution in [0.25, 0.3) is 0 Å². The van der Waals surface area contributed by atoms with Crippen LogP contribution in [0.4, 0.5) is 23.7 Å². The van der Waals surface area contributed by atoms with Crippen molar-refractivity contribution in [2.75, 3.05) is 37.7 Å². The van der Waals surface area contributed by atoms with Gasteiger partial charge in [-0.1, -0.05) is 18.2 Å². The van der Waals surface area contributed by atoms with E-state index in [2.05, 4.69) is 0 Å². The molecule has 1 aromatic rings. The Labute approximate surface area is 190 Å². The maximum Gasteiger partial charge on any atom is 0.410 e. The van der Waals surface area contributed by atoms with Crippen LogP contribution in [0.2, 0.25) is 0 Å². The van der Waals surface area contributed by atoms with Gasteiger partial charge in [0.1, 0.15) is 24.2 Å². The van der Waals surface area contributed by atoms with E-state index in [9.17, 15) is 27.6 Å². The summed E-state index contributed by atoms with van der Waals surface area (Å²) in [7, 11) is 0. The molecule has 11 heteroatoms. The fraction of sp³-hybridized carbons (Fsp3) is 0.591. The van der Waals surface area contributed by atoms with Crippen molar-refractivity contribution < 1.29 is 32.3 Å². The molecule has 1 aromatic carbocycles. The number of alkyl halides is 3. The number of benzene rings is 1. The molecule has 33 heavy (non-hydrogen) atoms. The molecule has 182 valence electrons. The number of anilines is 1. The number of hydrogen-bond acceptors (Lipinski definition) is 5. The molecule has 0 atom stereocenters. The van der Waals surface area contributed by atoms with Crippen molar-refractivity contribution in [2.45, 2.75) is 50.9 Å². The summed E-state index contributed by atoms with van der Waals surface area (Å²) in [5.41, 5.74) is -0.884. The fourth-order valence-electron chi connectivity index (χ4n) is 4.14. The van der Waals surface area contributed by atoms with Crippen LogP contribution in [0, 0.1) is 0 Å². The number of nitrogens with zero attached hydrogens (tertiary/aromatic N) is 3. The third-order valence-corrected chi connectivity index (χ3v) is 5.64. The second kappa shape index (κ2) is 9.11. The summed E-state index contributed by atoms with van der Waals surface area (Å²) >= 11 is 0. The average Bonchev–Trinajstić information content (AvgIpc) is 2.98. The fourth-order valence-corrected chi connectivity index (χ4v) is 4.14. The third kappa shape index (κ3) is 5.88. The minimum absolute atomic E-state index is 0.0642. The number of para-hydroxylation sites is 1. The van der Waals surface area contributed by atoms with Crippen molar-refractivity contribution in [3.63, 3.8) is 0 Å². The number of rotatable bonds is 4. The van der Waals surface area contributed by atoms with Crippen LogP contribution in [0.3, 0.4) is 0 Å². The number of ether oxygens (including phenoxy) is 1. The average molecular weight is 470 g/mol. The summed E-state index contributed by atoms with van der Waals surface area (Å²) in [5.74, 6) is -1.21. The molecule has 0 bridgehead atoms. The summed E-state index contributed by atoms with van der Waals surface area (Å²) in [6.45, 7) is 4.01. The number of halogens is 3. The van der Waals surface area contributed by atoms with E-state index in [1.165, 1.54) is 4.90 Å². The van der Waals surface area contributed by atoms with Crippen molar-refractivity contribution in [3.8, 4) is 0 Å². The lowest BCUT2D eigenvalue weighted by Gasteiger charge is -2.43. The second-order valence-corrected chi connectivity index (χ2v) is 9.30. The number of piperidine rings is 1. The minimum atomic E-state index is -4.53. The topological polar surface area (TPSA) is 82.2 Å². The number of nitrogens with one attached hydrogen (secondary N) is 1. The van der Waals surface area contributed by atoms with Crippen LogP contribution >= 0.6 is 0 Å². The van der Waals surface area contributed by atoms with Gasteiger partial charge in [-0.05, 0) is 45.7 Å². The van der Waals surface area contributed by atoms with E-state index < -0.39 is 42.4 Å². The van der Waals surface area contributed by atoms with Crippen LogP contribution < -0.4 is 10.2 Å². The molecule has 2 heterocycles. The molecule has 8 nitrogen and oxygen atoms in total. The molecule has 1 N–H and O–H groups in total. The summed E-state index contributed by atoms with van der Waals surface area (Å²) < 4.78 is 42.7. The Morgan fingerprint density at radius 3 is 2.24 bits per heavy atom. The smallest absolute Gasteiger partial charge is 0.410 e. The molecular formula is C22H29F3N4O4. The highest BCUT2D eigenvalue weighted by Crippen LogP contribution is 2.39.